The summed E-state index contributed by atoms with van der Waals surface area (Å²) in [5.74, 6) is 2.35. The summed E-state index contributed by atoms with van der Waals surface area (Å²) in [6, 6.07) is 0.689. The summed E-state index contributed by atoms with van der Waals surface area (Å²) in [4.78, 5) is 2.51. The van der Waals surface area contributed by atoms with Crippen molar-refractivity contribution in [2.24, 2.45) is 0 Å². The molecule has 1 nitrogen and oxygen atoms in total. The van der Waals surface area contributed by atoms with Crippen molar-refractivity contribution in [2.75, 3.05) is 24.6 Å². The van der Waals surface area contributed by atoms with Crippen LogP contribution in [0.5, 0.6) is 0 Å². The van der Waals surface area contributed by atoms with Crippen LogP contribution in [0, 0.1) is 0 Å². The van der Waals surface area contributed by atoms with Crippen LogP contribution in [0.3, 0.4) is 0 Å². The average molecular weight is 201 g/mol. The van der Waals surface area contributed by atoms with E-state index in [0.29, 0.717) is 6.04 Å². The maximum atomic E-state index is 3.71. The van der Waals surface area contributed by atoms with Gasteiger partial charge in [0.05, 0.1) is 0 Å². The Balaban J connectivity index is 3.33. The first-order chi connectivity index (χ1) is 6.22. The fourth-order valence-electron chi connectivity index (χ4n) is 1.32. The molecule has 0 saturated carbocycles. The highest BCUT2D eigenvalue weighted by Gasteiger charge is 2.04. The third kappa shape index (κ3) is 7.15. The van der Waals surface area contributed by atoms with Gasteiger partial charge in [0.2, 0.25) is 0 Å². The number of thioether (sulfide) groups is 1. The highest BCUT2D eigenvalue weighted by atomic mass is 32.2. The molecule has 0 saturated heterocycles. The minimum atomic E-state index is 0.689. The first kappa shape index (κ1) is 13.1. The van der Waals surface area contributed by atoms with Gasteiger partial charge < -0.3 is 4.90 Å². The van der Waals surface area contributed by atoms with Crippen molar-refractivity contribution < 1.29 is 0 Å². The molecule has 0 aromatic heterocycles. The van der Waals surface area contributed by atoms with Crippen LogP contribution in [-0.4, -0.2) is 35.5 Å². The van der Waals surface area contributed by atoms with Crippen molar-refractivity contribution in [3.05, 3.63) is 12.7 Å². The minimum absolute atomic E-state index is 0.689. The minimum Gasteiger partial charge on any atom is -0.301 e. The molecule has 0 unspecified atom stereocenters. The summed E-state index contributed by atoms with van der Waals surface area (Å²) in [5.41, 5.74) is 0. The fourth-order valence-corrected chi connectivity index (χ4v) is 1.98. The molecule has 0 aromatic rings. The molecule has 0 spiro atoms. The van der Waals surface area contributed by atoms with E-state index in [-0.39, 0.29) is 0 Å². The zero-order chi connectivity index (χ0) is 10.1. The van der Waals surface area contributed by atoms with Crippen LogP contribution in [0.25, 0.3) is 0 Å². The average Bonchev–Trinajstić information content (AvgIpc) is 2.10. The molecule has 0 heterocycles. The first-order valence-corrected chi connectivity index (χ1v) is 6.30. The molecular weight excluding hydrogens is 178 g/mol. The Kier molecular flexibility index (Phi) is 8.67. The van der Waals surface area contributed by atoms with Gasteiger partial charge in [-0.25, -0.2) is 0 Å². The summed E-state index contributed by atoms with van der Waals surface area (Å²) in [5, 5.41) is 0. The van der Waals surface area contributed by atoms with E-state index in [0.717, 1.165) is 5.75 Å². The van der Waals surface area contributed by atoms with Gasteiger partial charge in [-0.05, 0) is 39.1 Å². The van der Waals surface area contributed by atoms with Crippen LogP contribution >= 0.6 is 11.8 Å². The molecule has 0 aliphatic carbocycles. The number of hydrogen-bond acceptors (Lipinski definition) is 2. The lowest BCUT2D eigenvalue weighted by Gasteiger charge is -2.24. The van der Waals surface area contributed by atoms with Gasteiger partial charge in [-0.15, -0.1) is 6.58 Å². The van der Waals surface area contributed by atoms with Crippen LogP contribution < -0.4 is 0 Å². The molecule has 78 valence electrons. The Bertz CT molecular complexity index is 123. The molecule has 0 rings (SSSR count). The molecule has 2 heteroatoms. The Morgan fingerprint density at radius 3 is 2.62 bits per heavy atom. The van der Waals surface area contributed by atoms with Crippen LogP contribution in [0.2, 0.25) is 0 Å². The van der Waals surface area contributed by atoms with Crippen LogP contribution in [0.15, 0.2) is 12.7 Å². The predicted octanol–water partition coefficient (Wildman–Crippen LogP) is 3.03. The summed E-state index contributed by atoms with van der Waals surface area (Å²) < 4.78 is 0. The van der Waals surface area contributed by atoms with E-state index in [1.807, 2.05) is 17.8 Å². The van der Waals surface area contributed by atoms with Crippen molar-refractivity contribution in [3.8, 4) is 0 Å². The summed E-state index contributed by atoms with van der Waals surface area (Å²) in [7, 11) is 0. The number of hydrogen-bond donors (Lipinski definition) is 0. The number of nitrogens with zero attached hydrogens (tertiary/aromatic N) is 1. The lowest BCUT2D eigenvalue weighted by molar-refractivity contribution is 0.235. The van der Waals surface area contributed by atoms with Gasteiger partial charge in [0.25, 0.3) is 0 Å². The van der Waals surface area contributed by atoms with Gasteiger partial charge >= 0.3 is 0 Å². The van der Waals surface area contributed by atoms with E-state index in [2.05, 4.69) is 32.3 Å². The van der Waals surface area contributed by atoms with Gasteiger partial charge in [0.15, 0.2) is 0 Å². The van der Waals surface area contributed by atoms with Crippen molar-refractivity contribution in [1.82, 2.24) is 4.90 Å². The molecule has 0 aromatic carbocycles. The standard InChI is InChI=1S/C11H23NS/c1-5-9-13-10-7-8-12(6-2)11(3)4/h5,11H,1,6-10H2,2-4H3. The highest BCUT2D eigenvalue weighted by Crippen LogP contribution is 2.05. The van der Waals surface area contributed by atoms with E-state index < -0.39 is 0 Å². The largest absolute Gasteiger partial charge is 0.301 e. The lowest BCUT2D eigenvalue weighted by atomic mass is 10.3. The lowest BCUT2D eigenvalue weighted by Crippen LogP contribution is -2.31. The Labute approximate surface area is 87.6 Å². The second-order valence-corrected chi connectivity index (χ2v) is 4.59. The van der Waals surface area contributed by atoms with Crippen LogP contribution in [-0.2, 0) is 0 Å². The number of rotatable bonds is 8. The quantitative estimate of drug-likeness (QED) is 0.439. The smallest absolute Gasteiger partial charge is 0.0110 e. The molecule has 0 aliphatic rings. The topological polar surface area (TPSA) is 3.24 Å². The Morgan fingerprint density at radius 2 is 2.15 bits per heavy atom. The maximum absolute atomic E-state index is 3.71. The normalized spacial score (nSPS) is 11.2. The van der Waals surface area contributed by atoms with Gasteiger partial charge in [0.1, 0.15) is 0 Å². The molecular formula is C11H23NS. The molecule has 0 fully saturated rings. The molecule has 0 radical (unpaired) electrons. The summed E-state index contributed by atoms with van der Waals surface area (Å²) >= 11 is 1.97. The first-order valence-electron chi connectivity index (χ1n) is 5.15. The molecule has 0 amide bonds. The fraction of sp³-hybridized carbons (Fsp3) is 0.818. The van der Waals surface area contributed by atoms with Crippen molar-refractivity contribution >= 4 is 11.8 Å². The molecule has 0 N–H and O–H groups in total. The van der Waals surface area contributed by atoms with Crippen molar-refractivity contribution in [2.45, 2.75) is 33.2 Å². The van der Waals surface area contributed by atoms with Gasteiger partial charge in [0, 0.05) is 11.8 Å². The SMILES string of the molecule is C=CCSCCCN(CC)C(C)C. The van der Waals surface area contributed by atoms with E-state index in [1.165, 1.54) is 25.3 Å². The van der Waals surface area contributed by atoms with Gasteiger partial charge in [-0.3, -0.25) is 0 Å². The molecule has 0 atom stereocenters. The molecule has 0 aliphatic heterocycles. The Hall–Kier alpha value is 0.0500. The third-order valence-corrected chi connectivity index (χ3v) is 3.15. The summed E-state index contributed by atoms with van der Waals surface area (Å²) in [6.07, 6.45) is 3.27. The predicted molar refractivity (Wildman–Crippen MR) is 64.5 cm³/mol. The van der Waals surface area contributed by atoms with E-state index >= 15 is 0 Å². The van der Waals surface area contributed by atoms with E-state index in [1.54, 1.807) is 0 Å². The molecule has 0 bridgehead atoms. The van der Waals surface area contributed by atoms with Crippen molar-refractivity contribution in [1.29, 1.82) is 0 Å². The Morgan fingerprint density at radius 1 is 1.46 bits per heavy atom. The maximum Gasteiger partial charge on any atom is 0.0110 e. The van der Waals surface area contributed by atoms with Crippen molar-refractivity contribution in [3.63, 3.8) is 0 Å². The second-order valence-electron chi connectivity index (χ2n) is 3.44. The second kappa shape index (κ2) is 8.64. The van der Waals surface area contributed by atoms with E-state index in [4.69, 9.17) is 0 Å². The van der Waals surface area contributed by atoms with Crippen LogP contribution in [0.4, 0.5) is 0 Å². The third-order valence-electron chi connectivity index (χ3n) is 2.11. The summed E-state index contributed by atoms with van der Waals surface area (Å²) in [6.45, 7) is 12.9. The van der Waals surface area contributed by atoms with Gasteiger partial charge in [-0.1, -0.05) is 13.0 Å². The monoisotopic (exact) mass is 201 g/mol. The zero-order valence-corrected chi connectivity index (χ0v) is 10.1. The molecule has 13 heavy (non-hydrogen) atoms. The van der Waals surface area contributed by atoms with E-state index in [9.17, 15) is 0 Å². The highest BCUT2D eigenvalue weighted by molar-refractivity contribution is 7.99. The van der Waals surface area contributed by atoms with Crippen LogP contribution in [0.1, 0.15) is 27.2 Å². The zero-order valence-electron chi connectivity index (χ0n) is 9.25. The van der Waals surface area contributed by atoms with Gasteiger partial charge in [-0.2, -0.15) is 11.8 Å².